The van der Waals surface area contributed by atoms with E-state index in [1.807, 2.05) is 0 Å². The van der Waals surface area contributed by atoms with Gasteiger partial charge in [-0.1, -0.05) is 24.3 Å². The van der Waals surface area contributed by atoms with Crippen LogP contribution < -0.4 is 5.32 Å². The minimum atomic E-state index is -0.978. The Morgan fingerprint density at radius 2 is 1.67 bits per heavy atom. The van der Waals surface area contributed by atoms with E-state index >= 15 is 0 Å². The average Bonchev–Trinajstić information content (AvgIpc) is 2.91. The van der Waals surface area contributed by atoms with Crippen LogP contribution in [0.2, 0.25) is 0 Å². The van der Waals surface area contributed by atoms with Crippen LogP contribution in [0.5, 0.6) is 0 Å². The van der Waals surface area contributed by atoms with E-state index in [-0.39, 0.29) is 10.6 Å². The van der Waals surface area contributed by atoms with E-state index in [0.29, 0.717) is 5.39 Å². The number of halogens is 2. The minimum Gasteiger partial charge on any atom is -0.465 e. The van der Waals surface area contributed by atoms with Gasteiger partial charge in [-0.05, 0) is 18.2 Å². The number of amides is 1. The molecule has 4 nitrogen and oxygen atoms in total. The number of fused-ring (bicyclic) bond motifs is 1. The average molecular weight is 347 g/mol. The molecule has 1 aromatic heterocycles. The third-order valence-electron chi connectivity index (χ3n) is 3.40. The number of esters is 1. The molecule has 0 bridgehead atoms. The number of hydrogen-bond donors (Lipinski definition) is 1. The summed E-state index contributed by atoms with van der Waals surface area (Å²) in [6.07, 6.45) is 0. The van der Waals surface area contributed by atoms with Crippen molar-refractivity contribution in [2.24, 2.45) is 0 Å². The quantitative estimate of drug-likeness (QED) is 0.722. The van der Waals surface area contributed by atoms with Crippen LogP contribution in [-0.2, 0) is 4.74 Å². The van der Waals surface area contributed by atoms with Crippen LogP contribution >= 0.6 is 11.3 Å². The molecule has 1 N–H and O–H groups in total. The first kappa shape index (κ1) is 16.1. The molecule has 1 amide bonds. The van der Waals surface area contributed by atoms with Gasteiger partial charge in [0.05, 0.1) is 7.11 Å². The van der Waals surface area contributed by atoms with Gasteiger partial charge >= 0.3 is 5.97 Å². The molecule has 3 rings (SSSR count). The number of carbonyl (C=O) groups excluding carboxylic acids is 2. The molecular weight excluding hydrogens is 336 g/mol. The molecule has 0 radical (unpaired) electrons. The lowest BCUT2D eigenvalue weighted by atomic mass is 10.1. The molecule has 0 aliphatic heterocycles. The lowest BCUT2D eigenvalue weighted by Gasteiger charge is -2.07. The third kappa shape index (κ3) is 2.74. The van der Waals surface area contributed by atoms with Crippen LogP contribution in [0.4, 0.5) is 13.8 Å². The predicted octanol–water partition coefficient (Wildman–Crippen LogP) is 4.22. The van der Waals surface area contributed by atoms with Crippen LogP contribution in [0.1, 0.15) is 20.7 Å². The normalized spacial score (nSPS) is 10.6. The Morgan fingerprint density at radius 3 is 2.33 bits per heavy atom. The molecule has 122 valence electrons. The van der Waals surface area contributed by atoms with Gasteiger partial charge in [0.1, 0.15) is 27.8 Å². The van der Waals surface area contributed by atoms with Gasteiger partial charge in [0.15, 0.2) is 0 Å². The van der Waals surface area contributed by atoms with Crippen LogP contribution in [0.3, 0.4) is 0 Å². The Labute approximate surface area is 139 Å². The molecule has 7 heteroatoms. The van der Waals surface area contributed by atoms with E-state index < -0.39 is 29.1 Å². The number of thiophene rings is 1. The molecule has 0 unspecified atom stereocenters. The summed E-state index contributed by atoms with van der Waals surface area (Å²) >= 11 is 1.12. The number of hydrogen-bond acceptors (Lipinski definition) is 4. The standard InChI is InChI=1S/C17H11F2NO3S/c1-23-17(22)13-9-5-2-3-8-12(9)24-16(13)20-15(21)14-10(18)6-4-7-11(14)19/h2-8H,1H3,(H,20,21). The van der Waals surface area contributed by atoms with Crippen molar-refractivity contribution in [3.8, 4) is 0 Å². The van der Waals surface area contributed by atoms with Crippen molar-refractivity contribution in [2.75, 3.05) is 12.4 Å². The van der Waals surface area contributed by atoms with Gasteiger partial charge < -0.3 is 10.1 Å². The highest BCUT2D eigenvalue weighted by Crippen LogP contribution is 2.36. The van der Waals surface area contributed by atoms with Gasteiger partial charge in [-0.3, -0.25) is 4.79 Å². The summed E-state index contributed by atoms with van der Waals surface area (Å²) in [6, 6.07) is 10.1. The third-order valence-corrected chi connectivity index (χ3v) is 4.49. The first-order chi connectivity index (χ1) is 11.5. The molecule has 0 fully saturated rings. The summed E-state index contributed by atoms with van der Waals surface area (Å²) in [5, 5.41) is 3.18. The maximum absolute atomic E-state index is 13.7. The summed E-state index contributed by atoms with van der Waals surface area (Å²) in [4.78, 5) is 24.3. The highest BCUT2D eigenvalue weighted by molar-refractivity contribution is 7.23. The maximum Gasteiger partial charge on any atom is 0.341 e. The largest absolute Gasteiger partial charge is 0.465 e. The van der Waals surface area contributed by atoms with Crippen molar-refractivity contribution in [3.63, 3.8) is 0 Å². The van der Waals surface area contributed by atoms with Gasteiger partial charge in [-0.2, -0.15) is 0 Å². The lowest BCUT2D eigenvalue weighted by molar-refractivity contribution is 0.0604. The Hall–Kier alpha value is -2.80. The van der Waals surface area contributed by atoms with E-state index in [9.17, 15) is 18.4 Å². The molecule has 0 aliphatic rings. The highest BCUT2D eigenvalue weighted by Gasteiger charge is 2.23. The molecule has 2 aromatic carbocycles. The molecule has 0 saturated heterocycles. The number of benzene rings is 2. The molecule has 3 aromatic rings. The number of nitrogens with one attached hydrogen (secondary N) is 1. The smallest absolute Gasteiger partial charge is 0.341 e. The van der Waals surface area contributed by atoms with Crippen molar-refractivity contribution in [3.05, 3.63) is 65.2 Å². The van der Waals surface area contributed by atoms with E-state index in [2.05, 4.69) is 5.32 Å². The number of carbonyl (C=O) groups is 2. The summed E-state index contributed by atoms with van der Waals surface area (Å²) in [6.45, 7) is 0. The monoisotopic (exact) mass is 347 g/mol. The number of anilines is 1. The zero-order chi connectivity index (χ0) is 17.3. The fourth-order valence-electron chi connectivity index (χ4n) is 2.32. The Morgan fingerprint density at radius 1 is 1.00 bits per heavy atom. The van der Waals surface area contributed by atoms with Gasteiger partial charge in [-0.25, -0.2) is 13.6 Å². The maximum atomic E-state index is 13.7. The predicted molar refractivity (Wildman–Crippen MR) is 87.5 cm³/mol. The molecule has 0 spiro atoms. The van der Waals surface area contributed by atoms with Crippen molar-refractivity contribution >= 4 is 38.3 Å². The van der Waals surface area contributed by atoms with Crippen LogP contribution in [0.25, 0.3) is 10.1 Å². The molecule has 0 atom stereocenters. The molecular formula is C17H11F2NO3S. The number of rotatable bonds is 3. The Balaban J connectivity index is 2.07. The molecule has 0 saturated carbocycles. The summed E-state index contributed by atoms with van der Waals surface area (Å²) < 4.78 is 33.0. The fourth-order valence-corrected chi connectivity index (χ4v) is 3.40. The molecule has 0 aliphatic carbocycles. The van der Waals surface area contributed by atoms with Crippen LogP contribution in [-0.4, -0.2) is 19.0 Å². The van der Waals surface area contributed by atoms with Crippen molar-refractivity contribution < 1.29 is 23.1 Å². The van der Waals surface area contributed by atoms with Gasteiger partial charge in [0, 0.05) is 10.1 Å². The fraction of sp³-hybridized carbons (Fsp3) is 0.0588. The van der Waals surface area contributed by atoms with Crippen molar-refractivity contribution in [1.29, 1.82) is 0 Å². The summed E-state index contributed by atoms with van der Waals surface area (Å²) in [5.74, 6) is -3.57. The van der Waals surface area contributed by atoms with Gasteiger partial charge in [0.2, 0.25) is 0 Å². The van der Waals surface area contributed by atoms with Gasteiger partial charge in [-0.15, -0.1) is 11.3 Å². The SMILES string of the molecule is COC(=O)c1c(NC(=O)c2c(F)cccc2F)sc2ccccc12. The van der Waals surface area contributed by atoms with Crippen LogP contribution in [0.15, 0.2) is 42.5 Å². The first-order valence-corrected chi connectivity index (χ1v) is 7.69. The zero-order valence-electron chi connectivity index (χ0n) is 12.4. The second kappa shape index (κ2) is 6.37. The van der Waals surface area contributed by atoms with Crippen LogP contribution in [0, 0.1) is 11.6 Å². The van der Waals surface area contributed by atoms with Crippen molar-refractivity contribution in [1.82, 2.24) is 0 Å². The summed E-state index contributed by atoms with van der Waals surface area (Å²) in [7, 11) is 1.22. The number of methoxy groups -OCH3 is 1. The molecule has 24 heavy (non-hydrogen) atoms. The van der Waals surface area contributed by atoms with E-state index in [1.165, 1.54) is 13.2 Å². The second-order valence-electron chi connectivity index (χ2n) is 4.84. The Bertz CT molecular complexity index is 932. The minimum absolute atomic E-state index is 0.156. The Kier molecular flexibility index (Phi) is 4.26. The van der Waals surface area contributed by atoms with E-state index in [1.54, 1.807) is 24.3 Å². The number of ether oxygens (including phenoxy) is 1. The summed E-state index contributed by atoms with van der Waals surface area (Å²) in [5.41, 5.74) is -0.547. The van der Waals surface area contributed by atoms with E-state index in [4.69, 9.17) is 4.74 Å². The zero-order valence-corrected chi connectivity index (χ0v) is 13.2. The lowest BCUT2D eigenvalue weighted by Crippen LogP contribution is -2.17. The van der Waals surface area contributed by atoms with Gasteiger partial charge in [0.25, 0.3) is 5.91 Å². The highest BCUT2D eigenvalue weighted by atomic mass is 32.1. The molecule has 1 heterocycles. The topological polar surface area (TPSA) is 55.4 Å². The van der Waals surface area contributed by atoms with E-state index in [0.717, 1.165) is 28.2 Å². The second-order valence-corrected chi connectivity index (χ2v) is 5.90. The first-order valence-electron chi connectivity index (χ1n) is 6.88. The van der Waals surface area contributed by atoms with Crippen molar-refractivity contribution in [2.45, 2.75) is 0 Å².